The molecule has 1 unspecified atom stereocenters. The van der Waals surface area contributed by atoms with E-state index in [1.807, 2.05) is 12.1 Å². The molecule has 0 amide bonds. The minimum absolute atomic E-state index is 0.551. The highest BCUT2D eigenvalue weighted by molar-refractivity contribution is 5.76. The molecule has 1 saturated heterocycles. The lowest BCUT2D eigenvalue weighted by Crippen LogP contribution is -2.35. The molecule has 1 aromatic rings. The number of hydrogen-bond donors (Lipinski definition) is 2. The van der Waals surface area contributed by atoms with Crippen LogP contribution in [0.25, 0.3) is 0 Å². The molecule has 1 aromatic carbocycles. The lowest BCUT2D eigenvalue weighted by Gasteiger charge is -2.23. The number of ether oxygens (including phenoxy) is 1. The van der Waals surface area contributed by atoms with Gasteiger partial charge in [0.1, 0.15) is 5.75 Å². The molecule has 4 nitrogen and oxygen atoms in total. The van der Waals surface area contributed by atoms with Gasteiger partial charge in [0.15, 0.2) is 0 Å². The average molecular weight is 263 g/mol. The Balaban J connectivity index is 2.25. The number of rotatable bonds is 5. The fourth-order valence-corrected chi connectivity index (χ4v) is 2.76. The van der Waals surface area contributed by atoms with Crippen molar-refractivity contribution in [3.8, 4) is 5.75 Å². The van der Waals surface area contributed by atoms with Gasteiger partial charge in [0.25, 0.3) is 0 Å². The Labute approximate surface area is 113 Å². The van der Waals surface area contributed by atoms with E-state index in [4.69, 9.17) is 4.74 Å². The lowest BCUT2D eigenvalue weighted by atomic mass is 9.80. The number of carboxylic acid groups (broad SMARTS) is 1. The van der Waals surface area contributed by atoms with Crippen LogP contribution in [0.4, 0.5) is 0 Å². The van der Waals surface area contributed by atoms with E-state index in [2.05, 4.69) is 18.3 Å². The molecular formula is C15H21NO3. The summed E-state index contributed by atoms with van der Waals surface area (Å²) in [7, 11) is 1.66. The van der Waals surface area contributed by atoms with E-state index >= 15 is 0 Å². The summed E-state index contributed by atoms with van der Waals surface area (Å²) in [6, 6.07) is 5.98. The maximum atomic E-state index is 11.5. The zero-order valence-electron chi connectivity index (χ0n) is 11.5. The Hall–Kier alpha value is -1.55. The van der Waals surface area contributed by atoms with Crippen LogP contribution in [0, 0.1) is 5.41 Å². The predicted molar refractivity (Wildman–Crippen MR) is 73.6 cm³/mol. The summed E-state index contributed by atoms with van der Waals surface area (Å²) in [5.74, 6) is 0.173. The van der Waals surface area contributed by atoms with E-state index in [1.165, 1.54) is 0 Å². The summed E-state index contributed by atoms with van der Waals surface area (Å²) < 4.78 is 5.31. The number of nitrogens with one attached hydrogen (secondary N) is 1. The fraction of sp³-hybridized carbons (Fsp3) is 0.533. The molecule has 2 N–H and O–H groups in total. The van der Waals surface area contributed by atoms with Gasteiger partial charge in [-0.3, -0.25) is 4.79 Å². The smallest absolute Gasteiger partial charge is 0.311 e. The van der Waals surface area contributed by atoms with Crippen LogP contribution in [0.15, 0.2) is 18.2 Å². The molecule has 19 heavy (non-hydrogen) atoms. The number of aryl methyl sites for hydroxylation is 1. The Morgan fingerprint density at radius 2 is 2.32 bits per heavy atom. The van der Waals surface area contributed by atoms with Crippen molar-refractivity contribution in [3.63, 3.8) is 0 Å². The Morgan fingerprint density at radius 1 is 1.53 bits per heavy atom. The molecule has 104 valence electrons. The van der Waals surface area contributed by atoms with Gasteiger partial charge in [-0.2, -0.15) is 0 Å². The standard InChI is InChI=1S/C15H21NO3/c1-3-12-8-11(4-5-13(12)19-2)9-15(14(17)18)6-7-16-10-15/h4-5,8,16H,3,6-7,9-10H2,1-2H3,(H,17,18). The first kappa shape index (κ1) is 13.9. The third-order valence-corrected chi connectivity index (χ3v) is 3.97. The van der Waals surface area contributed by atoms with Crippen molar-refractivity contribution in [1.82, 2.24) is 5.32 Å². The Bertz CT molecular complexity index is 464. The van der Waals surface area contributed by atoms with E-state index in [0.29, 0.717) is 19.4 Å². The van der Waals surface area contributed by atoms with Crippen LogP contribution >= 0.6 is 0 Å². The van der Waals surface area contributed by atoms with Crippen molar-refractivity contribution in [2.75, 3.05) is 20.2 Å². The molecule has 0 aliphatic carbocycles. The molecule has 1 aliphatic rings. The summed E-state index contributed by atoms with van der Waals surface area (Å²) in [5, 5.41) is 12.6. The largest absolute Gasteiger partial charge is 0.496 e. The molecular weight excluding hydrogens is 242 g/mol. The maximum absolute atomic E-state index is 11.5. The zero-order valence-corrected chi connectivity index (χ0v) is 11.5. The quantitative estimate of drug-likeness (QED) is 0.851. The van der Waals surface area contributed by atoms with Crippen molar-refractivity contribution in [2.24, 2.45) is 5.41 Å². The average Bonchev–Trinajstić information content (AvgIpc) is 2.88. The van der Waals surface area contributed by atoms with Gasteiger partial charge in [0, 0.05) is 6.54 Å². The van der Waals surface area contributed by atoms with Gasteiger partial charge >= 0.3 is 5.97 Å². The highest BCUT2D eigenvalue weighted by Gasteiger charge is 2.41. The molecule has 0 spiro atoms. The topological polar surface area (TPSA) is 58.6 Å². The van der Waals surface area contributed by atoms with Crippen molar-refractivity contribution in [3.05, 3.63) is 29.3 Å². The fourth-order valence-electron chi connectivity index (χ4n) is 2.76. The van der Waals surface area contributed by atoms with Gasteiger partial charge in [-0.15, -0.1) is 0 Å². The third kappa shape index (κ3) is 2.73. The van der Waals surface area contributed by atoms with Gasteiger partial charge in [0.2, 0.25) is 0 Å². The van der Waals surface area contributed by atoms with Crippen molar-refractivity contribution in [1.29, 1.82) is 0 Å². The highest BCUT2D eigenvalue weighted by atomic mass is 16.5. The molecule has 0 bridgehead atoms. The SMILES string of the molecule is CCc1cc(CC2(C(=O)O)CCNC2)ccc1OC. The molecule has 4 heteroatoms. The van der Waals surface area contributed by atoms with E-state index < -0.39 is 11.4 Å². The Kier molecular flexibility index (Phi) is 4.10. The van der Waals surface area contributed by atoms with Crippen LogP contribution in [0.1, 0.15) is 24.5 Å². The summed E-state index contributed by atoms with van der Waals surface area (Å²) in [4.78, 5) is 11.5. The molecule has 0 aromatic heterocycles. The van der Waals surface area contributed by atoms with Crippen molar-refractivity contribution >= 4 is 5.97 Å². The van der Waals surface area contributed by atoms with Gasteiger partial charge in [0.05, 0.1) is 12.5 Å². The second kappa shape index (κ2) is 5.61. The van der Waals surface area contributed by atoms with Crippen molar-refractivity contribution in [2.45, 2.75) is 26.2 Å². The second-order valence-corrected chi connectivity index (χ2v) is 5.19. The van der Waals surface area contributed by atoms with Crippen LogP contribution < -0.4 is 10.1 Å². The first-order chi connectivity index (χ1) is 9.11. The first-order valence-corrected chi connectivity index (χ1v) is 6.71. The van der Waals surface area contributed by atoms with Gasteiger partial charge < -0.3 is 15.2 Å². The van der Waals surface area contributed by atoms with Crippen LogP contribution in [0.3, 0.4) is 0 Å². The number of carboxylic acids is 1. The molecule has 1 aliphatic heterocycles. The summed E-state index contributed by atoms with van der Waals surface area (Å²) in [5.41, 5.74) is 1.55. The highest BCUT2D eigenvalue weighted by Crippen LogP contribution is 2.32. The summed E-state index contributed by atoms with van der Waals surface area (Å²) >= 11 is 0. The summed E-state index contributed by atoms with van der Waals surface area (Å²) in [6.07, 6.45) is 2.15. The minimum atomic E-state index is -0.702. The molecule has 1 atom stereocenters. The normalized spacial score (nSPS) is 22.4. The maximum Gasteiger partial charge on any atom is 0.311 e. The number of carbonyl (C=O) groups is 1. The number of methoxy groups -OCH3 is 1. The second-order valence-electron chi connectivity index (χ2n) is 5.19. The first-order valence-electron chi connectivity index (χ1n) is 6.71. The van der Waals surface area contributed by atoms with Crippen molar-refractivity contribution < 1.29 is 14.6 Å². The number of benzene rings is 1. The lowest BCUT2D eigenvalue weighted by molar-refractivity contribution is -0.147. The third-order valence-electron chi connectivity index (χ3n) is 3.97. The molecule has 1 fully saturated rings. The zero-order chi connectivity index (χ0) is 13.9. The van der Waals surface area contributed by atoms with Gasteiger partial charge in [-0.25, -0.2) is 0 Å². The van der Waals surface area contributed by atoms with Crippen LogP contribution in [-0.2, 0) is 17.6 Å². The molecule has 0 radical (unpaired) electrons. The molecule has 1 heterocycles. The van der Waals surface area contributed by atoms with Crippen LogP contribution in [-0.4, -0.2) is 31.3 Å². The number of hydrogen-bond acceptors (Lipinski definition) is 3. The minimum Gasteiger partial charge on any atom is -0.496 e. The Morgan fingerprint density at radius 3 is 2.84 bits per heavy atom. The van der Waals surface area contributed by atoms with Crippen LogP contribution in [0.5, 0.6) is 5.75 Å². The monoisotopic (exact) mass is 263 g/mol. The molecule has 0 saturated carbocycles. The molecule has 2 rings (SSSR count). The summed E-state index contributed by atoms with van der Waals surface area (Å²) in [6.45, 7) is 3.41. The van der Waals surface area contributed by atoms with Gasteiger partial charge in [-0.1, -0.05) is 19.1 Å². The van der Waals surface area contributed by atoms with E-state index in [1.54, 1.807) is 7.11 Å². The van der Waals surface area contributed by atoms with E-state index in [-0.39, 0.29) is 0 Å². The van der Waals surface area contributed by atoms with E-state index in [9.17, 15) is 9.90 Å². The van der Waals surface area contributed by atoms with Gasteiger partial charge in [-0.05, 0) is 43.0 Å². The number of aliphatic carboxylic acids is 1. The predicted octanol–water partition coefficient (Wildman–Crippen LogP) is 1.86. The van der Waals surface area contributed by atoms with E-state index in [0.717, 1.165) is 29.8 Å². The van der Waals surface area contributed by atoms with Crippen LogP contribution in [0.2, 0.25) is 0 Å².